The second-order valence-corrected chi connectivity index (χ2v) is 14.1. The lowest BCUT2D eigenvalue weighted by molar-refractivity contribution is 0.0939. The number of anilines is 1. The molecule has 9 nitrogen and oxygen atoms in total. The molecule has 1 aromatic heterocycles. The number of aliphatic hydroxyl groups is 1. The Labute approximate surface area is 245 Å². The molecule has 5 rings (SSSR count). The molecule has 3 aromatic rings. The Morgan fingerprint density at radius 1 is 1.10 bits per heavy atom. The van der Waals surface area contributed by atoms with Crippen molar-refractivity contribution < 1.29 is 24.3 Å². The van der Waals surface area contributed by atoms with Gasteiger partial charge in [-0.25, -0.2) is 0 Å². The average Bonchev–Trinajstić information content (AvgIpc) is 3.55. The number of thiophene rings is 1. The number of aryl methyl sites for hydroxylation is 1. The van der Waals surface area contributed by atoms with Crippen molar-refractivity contribution in [1.82, 2.24) is 15.5 Å². The number of hydrogen-bond acceptors (Lipinski definition) is 7. The van der Waals surface area contributed by atoms with Crippen molar-refractivity contribution in [3.8, 4) is 10.4 Å². The first-order valence-corrected chi connectivity index (χ1v) is 16.7. The first-order valence-electron chi connectivity index (χ1n) is 14.1. The van der Waals surface area contributed by atoms with E-state index < -0.39 is 7.60 Å². The maximum Gasteiger partial charge on any atom is 0.339 e. The standard InChI is InChI=1S/C30H39N4O5PS/c1-19-6-7-24(33-25-16-34(17-25)18-40(37,38)39)14-28(19)30(36)32-20(2)21-4-3-5-22(12-21)29-11-10-27(41-29)15-31-23-8-9-26(35)13-23/h3-7,10-12,14,20,23,25-26,31,33,35H,8-9,13,15-18H2,1-2H3,(H,32,36)(H2,37,38,39)/t20?,23-,26+/m0/s1. The van der Waals surface area contributed by atoms with E-state index in [1.807, 2.05) is 44.2 Å². The summed E-state index contributed by atoms with van der Waals surface area (Å²) in [5.74, 6) is -0.151. The Bertz CT molecular complexity index is 1420. The van der Waals surface area contributed by atoms with Crippen molar-refractivity contribution in [2.24, 2.45) is 0 Å². The first-order chi connectivity index (χ1) is 19.5. The molecular formula is C30H39N4O5PS. The normalized spacial score (nSPS) is 20.5. The van der Waals surface area contributed by atoms with Crippen LogP contribution in [0.2, 0.25) is 0 Å². The number of benzene rings is 2. The molecule has 220 valence electrons. The van der Waals surface area contributed by atoms with E-state index in [4.69, 9.17) is 9.79 Å². The van der Waals surface area contributed by atoms with E-state index in [0.29, 0.717) is 24.7 Å². The van der Waals surface area contributed by atoms with Crippen molar-refractivity contribution in [2.45, 2.75) is 63.9 Å². The molecule has 1 saturated heterocycles. The summed E-state index contributed by atoms with van der Waals surface area (Å²) in [7, 11) is -4.05. The fraction of sp³-hybridized carbons (Fsp3) is 0.433. The highest BCUT2D eigenvalue weighted by Crippen LogP contribution is 2.37. The third-order valence-corrected chi connectivity index (χ3v) is 9.75. The number of carbonyl (C=O) groups excluding carboxylic acids is 1. The summed E-state index contributed by atoms with van der Waals surface area (Å²) in [6, 6.07) is 18.5. The summed E-state index contributed by atoms with van der Waals surface area (Å²) in [5, 5.41) is 19.8. The first kappa shape index (κ1) is 29.9. The molecule has 0 bridgehead atoms. The van der Waals surface area contributed by atoms with Crippen LogP contribution in [0.25, 0.3) is 10.4 Å². The number of hydrogen-bond donors (Lipinski definition) is 6. The van der Waals surface area contributed by atoms with Gasteiger partial charge in [-0.3, -0.25) is 14.3 Å². The van der Waals surface area contributed by atoms with Gasteiger partial charge in [-0.2, -0.15) is 0 Å². The molecule has 1 aliphatic heterocycles. The van der Waals surface area contributed by atoms with Crippen molar-refractivity contribution in [3.63, 3.8) is 0 Å². The van der Waals surface area contributed by atoms with Crippen LogP contribution in [0, 0.1) is 6.92 Å². The van der Waals surface area contributed by atoms with Gasteiger partial charge in [-0.1, -0.05) is 24.3 Å². The largest absolute Gasteiger partial charge is 0.393 e. The molecule has 1 amide bonds. The zero-order chi connectivity index (χ0) is 29.1. The summed E-state index contributed by atoms with van der Waals surface area (Å²) in [5.41, 5.74) is 4.41. The lowest BCUT2D eigenvalue weighted by Crippen LogP contribution is -2.54. The molecule has 1 aliphatic carbocycles. The Hall–Kier alpha value is -2.56. The van der Waals surface area contributed by atoms with E-state index in [-0.39, 0.29) is 30.4 Å². The number of carbonyl (C=O) groups is 1. The van der Waals surface area contributed by atoms with Gasteiger partial charge in [0.1, 0.15) is 6.29 Å². The highest BCUT2D eigenvalue weighted by atomic mass is 32.1. The van der Waals surface area contributed by atoms with E-state index in [1.54, 1.807) is 16.2 Å². The predicted molar refractivity (Wildman–Crippen MR) is 163 cm³/mol. The van der Waals surface area contributed by atoms with Crippen LogP contribution in [-0.2, 0) is 11.1 Å². The minimum Gasteiger partial charge on any atom is -0.393 e. The van der Waals surface area contributed by atoms with Crippen LogP contribution in [0.1, 0.15) is 58.6 Å². The monoisotopic (exact) mass is 598 g/mol. The number of rotatable bonds is 11. The minimum atomic E-state index is -4.05. The number of aliphatic hydroxyl groups excluding tert-OH is 1. The van der Waals surface area contributed by atoms with Gasteiger partial charge in [-0.05, 0) is 80.1 Å². The molecule has 41 heavy (non-hydrogen) atoms. The van der Waals surface area contributed by atoms with Gasteiger partial charge in [0.05, 0.1) is 18.2 Å². The van der Waals surface area contributed by atoms with E-state index in [1.165, 1.54) is 9.75 Å². The molecule has 2 heterocycles. The molecule has 6 N–H and O–H groups in total. The molecule has 0 radical (unpaired) electrons. The van der Waals surface area contributed by atoms with Gasteiger partial charge in [-0.15, -0.1) is 11.3 Å². The van der Waals surface area contributed by atoms with E-state index >= 15 is 0 Å². The zero-order valence-electron chi connectivity index (χ0n) is 23.4. The number of nitrogens with zero attached hydrogens (tertiary/aromatic N) is 1. The quantitative estimate of drug-likeness (QED) is 0.178. The number of likely N-dealkylation sites (tertiary alicyclic amines) is 1. The fourth-order valence-corrected chi connectivity index (χ4v) is 7.27. The van der Waals surface area contributed by atoms with E-state index in [9.17, 15) is 14.5 Å². The Morgan fingerprint density at radius 3 is 2.63 bits per heavy atom. The van der Waals surface area contributed by atoms with Crippen LogP contribution in [0.3, 0.4) is 0 Å². The third kappa shape index (κ3) is 8.05. The lowest BCUT2D eigenvalue weighted by atomic mass is 10.0. The number of nitrogens with one attached hydrogen (secondary N) is 3. The van der Waals surface area contributed by atoms with Gasteiger partial charge in [0.15, 0.2) is 0 Å². The Balaban J connectivity index is 1.17. The minimum absolute atomic E-state index is 0.0750. The Morgan fingerprint density at radius 2 is 1.90 bits per heavy atom. The Kier molecular flexibility index (Phi) is 9.30. The second kappa shape index (κ2) is 12.8. The zero-order valence-corrected chi connectivity index (χ0v) is 25.1. The van der Waals surface area contributed by atoms with E-state index in [0.717, 1.165) is 48.2 Å². The summed E-state index contributed by atoms with van der Waals surface area (Å²) in [4.78, 5) is 35.7. The molecular weight excluding hydrogens is 559 g/mol. The molecule has 1 unspecified atom stereocenters. The van der Waals surface area contributed by atoms with Gasteiger partial charge >= 0.3 is 7.60 Å². The molecule has 2 aliphatic rings. The van der Waals surface area contributed by atoms with Gasteiger partial charge in [0.2, 0.25) is 0 Å². The second-order valence-electron chi connectivity index (χ2n) is 11.3. The maximum atomic E-state index is 13.3. The topological polar surface area (TPSA) is 134 Å². The van der Waals surface area contributed by atoms with Gasteiger partial charge in [0, 0.05) is 46.7 Å². The average molecular weight is 599 g/mol. The lowest BCUT2D eigenvalue weighted by Gasteiger charge is -2.40. The van der Waals surface area contributed by atoms with Crippen molar-refractivity contribution in [2.75, 3.05) is 24.7 Å². The van der Waals surface area contributed by atoms with Crippen LogP contribution < -0.4 is 16.0 Å². The van der Waals surface area contributed by atoms with Crippen LogP contribution in [0.15, 0.2) is 54.6 Å². The fourth-order valence-electron chi connectivity index (χ4n) is 5.56. The van der Waals surface area contributed by atoms with Crippen LogP contribution >= 0.6 is 18.9 Å². The van der Waals surface area contributed by atoms with Crippen LogP contribution in [-0.4, -0.2) is 63.3 Å². The highest BCUT2D eigenvalue weighted by Gasteiger charge is 2.31. The van der Waals surface area contributed by atoms with Crippen molar-refractivity contribution in [1.29, 1.82) is 0 Å². The third-order valence-electron chi connectivity index (χ3n) is 7.84. The predicted octanol–water partition coefficient (Wildman–Crippen LogP) is 4.45. The highest BCUT2D eigenvalue weighted by molar-refractivity contribution is 7.51. The van der Waals surface area contributed by atoms with Crippen LogP contribution in [0.5, 0.6) is 0 Å². The molecule has 11 heteroatoms. The van der Waals surface area contributed by atoms with E-state index in [2.05, 4.69) is 40.2 Å². The molecule has 2 aromatic carbocycles. The molecule has 0 spiro atoms. The molecule has 3 atom stereocenters. The van der Waals surface area contributed by atoms with Crippen molar-refractivity contribution >= 4 is 30.5 Å². The van der Waals surface area contributed by atoms with Gasteiger partial charge < -0.3 is 30.8 Å². The smallest absolute Gasteiger partial charge is 0.339 e. The summed E-state index contributed by atoms with van der Waals surface area (Å²) in [6.45, 7) is 5.78. The van der Waals surface area contributed by atoms with Crippen molar-refractivity contribution in [3.05, 3.63) is 76.2 Å². The summed E-state index contributed by atoms with van der Waals surface area (Å²) in [6.07, 6.45) is 2.31. The maximum absolute atomic E-state index is 13.3. The summed E-state index contributed by atoms with van der Waals surface area (Å²) >= 11 is 1.76. The summed E-state index contributed by atoms with van der Waals surface area (Å²) < 4.78 is 11.2. The van der Waals surface area contributed by atoms with Crippen LogP contribution in [0.4, 0.5) is 5.69 Å². The SMILES string of the molecule is Cc1ccc(NC2CN(CP(=O)(O)O)C2)cc1C(=O)NC(C)c1cccc(-c2ccc(CN[C@H]3CC[C@@H](O)C3)s2)c1. The van der Waals surface area contributed by atoms with Gasteiger partial charge in [0.25, 0.3) is 5.91 Å². The number of amides is 1. The molecule has 1 saturated carbocycles. The molecule has 2 fully saturated rings.